The smallest absolute Gasteiger partial charge is 0.334 e. The van der Waals surface area contributed by atoms with Crippen LogP contribution in [0.5, 0.6) is 0 Å². The van der Waals surface area contributed by atoms with E-state index in [0.29, 0.717) is 0 Å². The summed E-state index contributed by atoms with van der Waals surface area (Å²) < 4.78 is 0. The molecule has 0 bridgehead atoms. The van der Waals surface area contributed by atoms with Gasteiger partial charge < -0.3 is 9.78 Å². The van der Waals surface area contributed by atoms with Crippen LogP contribution in [0.3, 0.4) is 0 Å². The van der Waals surface area contributed by atoms with Gasteiger partial charge in [-0.05, 0) is 7.05 Å². The van der Waals surface area contributed by atoms with Crippen molar-refractivity contribution in [3.63, 3.8) is 0 Å². The molecule has 2 nitrogen and oxygen atoms in total. The van der Waals surface area contributed by atoms with Gasteiger partial charge >= 0.3 is 9.92 Å². The fourth-order valence-electron chi connectivity index (χ4n) is 0. The largest absolute Gasteiger partial charge is 0.419 e. The maximum absolute atomic E-state index is 7.79. The molecule has 0 spiro atoms. The van der Waals surface area contributed by atoms with Crippen molar-refractivity contribution in [3.05, 3.63) is 0 Å². The SMILES string of the molecule is CN[Si]O. The zero-order chi connectivity index (χ0) is 3.41. The van der Waals surface area contributed by atoms with Crippen LogP contribution in [0.2, 0.25) is 0 Å². The van der Waals surface area contributed by atoms with Crippen LogP contribution >= 0.6 is 0 Å². The molecule has 0 saturated heterocycles. The highest BCUT2D eigenvalue weighted by molar-refractivity contribution is 6.21. The average Bonchev–Trinajstić information content (AvgIpc) is 1.37. The standard InChI is InChI=1S/CH5NOSi/c1-2-4-3/h2-3H,1H3. The first-order valence-electron chi connectivity index (χ1n) is 0.974. The summed E-state index contributed by atoms with van der Waals surface area (Å²) in [5, 5.41) is 0. The summed E-state index contributed by atoms with van der Waals surface area (Å²) in [5.41, 5.74) is 0. The van der Waals surface area contributed by atoms with Crippen LogP contribution in [-0.4, -0.2) is 21.8 Å². The van der Waals surface area contributed by atoms with Crippen molar-refractivity contribution in [1.82, 2.24) is 4.98 Å². The van der Waals surface area contributed by atoms with E-state index >= 15 is 0 Å². The van der Waals surface area contributed by atoms with Crippen LogP contribution in [0.4, 0.5) is 0 Å². The van der Waals surface area contributed by atoms with Gasteiger partial charge in [-0.15, -0.1) is 0 Å². The van der Waals surface area contributed by atoms with Crippen molar-refractivity contribution in [2.45, 2.75) is 0 Å². The maximum atomic E-state index is 7.79. The first kappa shape index (κ1) is 4.14. The Bertz CT molecular complexity index is 10.0. The van der Waals surface area contributed by atoms with E-state index in [9.17, 15) is 0 Å². The third-order valence-corrected chi connectivity index (χ3v) is 0.335. The normalized spacial score (nSPS) is 7.50. The first-order valence-corrected chi connectivity index (χ1v) is 1.92. The third-order valence-electron chi connectivity index (χ3n) is 0.112. The highest BCUT2D eigenvalue weighted by atomic mass is 28.2. The Balaban J connectivity index is 1.97. The molecule has 0 aliphatic carbocycles. The lowest BCUT2D eigenvalue weighted by atomic mass is 11.6. The van der Waals surface area contributed by atoms with E-state index in [1.807, 2.05) is 0 Å². The van der Waals surface area contributed by atoms with Gasteiger partial charge in [0.1, 0.15) is 0 Å². The third kappa shape index (κ3) is 2.14. The van der Waals surface area contributed by atoms with Crippen LogP contribution in [0.15, 0.2) is 0 Å². The van der Waals surface area contributed by atoms with Crippen molar-refractivity contribution >= 4 is 9.92 Å². The molecular weight excluding hydrogens is 70.1 g/mol. The quantitative estimate of drug-likeness (QED) is 0.381. The summed E-state index contributed by atoms with van der Waals surface area (Å²) in [4.78, 5) is 10.3. The van der Waals surface area contributed by atoms with E-state index in [1.54, 1.807) is 7.05 Å². The predicted molar refractivity (Wildman–Crippen MR) is 17.0 cm³/mol. The second-order valence-electron chi connectivity index (χ2n) is 0.362. The summed E-state index contributed by atoms with van der Waals surface area (Å²) in [6.45, 7) is 0. The molecule has 4 heavy (non-hydrogen) atoms. The monoisotopic (exact) mass is 75.0 g/mol. The van der Waals surface area contributed by atoms with Gasteiger partial charge in [0, 0.05) is 0 Å². The molecule has 0 heterocycles. The maximum Gasteiger partial charge on any atom is 0.334 e. The molecule has 0 unspecified atom stereocenters. The van der Waals surface area contributed by atoms with Crippen LogP contribution in [-0.2, 0) is 0 Å². The fraction of sp³-hybridized carbons (Fsp3) is 1.00. The summed E-state index contributed by atoms with van der Waals surface area (Å²) in [7, 11) is 1.58. The molecule has 0 aromatic rings. The van der Waals surface area contributed by atoms with Gasteiger partial charge in [-0.25, -0.2) is 0 Å². The van der Waals surface area contributed by atoms with E-state index in [-0.39, 0.29) is 9.92 Å². The van der Waals surface area contributed by atoms with Crippen LogP contribution in [0, 0.1) is 0 Å². The molecule has 2 radical (unpaired) electrons. The van der Waals surface area contributed by atoms with Gasteiger partial charge in [-0.3, -0.25) is 0 Å². The Kier molecular flexibility index (Phi) is 3.24. The van der Waals surface area contributed by atoms with E-state index < -0.39 is 0 Å². The van der Waals surface area contributed by atoms with Gasteiger partial charge in [0.25, 0.3) is 0 Å². The van der Waals surface area contributed by atoms with Crippen LogP contribution in [0.25, 0.3) is 0 Å². The highest BCUT2D eigenvalue weighted by Gasteiger charge is 1.60. The number of hydrogen-bond donors (Lipinski definition) is 2. The molecule has 0 aromatic carbocycles. The van der Waals surface area contributed by atoms with Gasteiger partial charge in [0.05, 0.1) is 0 Å². The molecule has 0 saturated carbocycles. The second-order valence-corrected chi connectivity index (χ2v) is 1.09. The molecule has 0 atom stereocenters. The van der Waals surface area contributed by atoms with Crippen LogP contribution < -0.4 is 4.98 Å². The molecule has 0 aromatic heterocycles. The van der Waals surface area contributed by atoms with Crippen LogP contribution in [0.1, 0.15) is 0 Å². The van der Waals surface area contributed by atoms with Crippen molar-refractivity contribution in [1.29, 1.82) is 0 Å². The van der Waals surface area contributed by atoms with Gasteiger partial charge in [0.15, 0.2) is 0 Å². The number of rotatable bonds is 1. The molecular formula is CH5NOSi. The lowest BCUT2D eigenvalue weighted by Crippen LogP contribution is -2.10. The van der Waals surface area contributed by atoms with Crippen molar-refractivity contribution in [3.8, 4) is 0 Å². The van der Waals surface area contributed by atoms with E-state index in [1.165, 1.54) is 0 Å². The molecule has 0 rings (SSSR count). The van der Waals surface area contributed by atoms with E-state index in [0.717, 1.165) is 0 Å². The minimum Gasteiger partial charge on any atom is -0.419 e. The Morgan fingerprint density at radius 2 is 2.25 bits per heavy atom. The lowest BCUT2D eigenvalue weighted by Gasteiger charge is -1.70. The summed E-state index contributed by atoms with van der Waals surface area (Å²) >= 11 is 0. The van der Waals surface area contributed by atoms with E-state index in [4.69, 9.17) is 4.80 Å². The molecule has 2 N–H and O–H groups in total. The second kappa shape index (κ2) is 3.14. The Labute approximate surface area is 27.9 Å². The minimum atomic E-state index is -0.110. The van der Waals surface area contributed by atoms with Crippen molar-refractivity contribution < 1.29 is 4.80 Å². The fourth-order valence-corrected chi connectivity index (χ4v) is 0. The minimum absolute atomic E-state index is 0.110. The summed E-state index contributed by atoms with van der Waals surface area (Å²) in [6.07, 6.45) is 0. The molecule has 0 aliphatic heterocycles. The molecule has 3 heteroatoms. The van der Waals surface area contributed by atoms with Gasteiger partial charge in [0.2, 0.25) is 0 Å². The predicted octanol–water partition coefficient (Wildman–Crippen LogP) is -1.27. The Hall–Kier alpha value is 0.137. The van der Waals surface area contributed by atoms with Crippen molar-refractivity contribution in [2.24, 2.45) is 0 Å². The topological polar surface area (TPSA) is 32.3 Å². The molecule has 0 amide bonds. The lowest BCUT2D eigenvalue weighted by molar-refractivity contribution is 0.590. The zero-order valence-electron chi connectivity index (χ0n) is 2.45. The number of nitrogens with one attached hydrogen (secondary N) is 1. The Morgan fingerprint density at radius 1 is 2.00 bits per heavy atom. The van der Waals surface area contributed by atoms with Gasteiger partial charge in [-0.1, -0.05) is 0 Å². The molecule has 24 valence electrons. The summed E-state index contributed by atoms with van der Waals surface area (Å²) in [6, 6.07) is 0. The van der Waals surface area contributed by atoms with Gasteiger partial charge in [-0.2, -0.15) is 0 Å². The Morgan fingerprint density at radius 3 is 2.25 bits per heavy atom. The number of hydrogen-bond acceptors (Lipinski definition) is 2. The van der Waals surface area contributed by atoms with Crippen molar-refractivity contribution in [2.75, 3.05) is 7.05 Å². The summed E-state index contributed by atoms with van der Waals surface area (Å²) in [5.74, 6) is 0. The first-order chi connectivity index (χ1) is 1.91. The molecule has 0 fully saturated rings. The highest BCUT2D eigenvalue weighted by Crippen LogP contribution is 1.17. The molecule has 0 aliphatic rings. The zero-order valence-corrected chi connectivity index (χ0v) is 3.45. The van der Waals surface area contributed by atoms with E-state index in [2.05, 4.69) is 4.98 Å². The average molecular weight is 75.1 g/mol.